The molecule has 0 N–H and O–H groups in total. The molecular formula is C18H21ClN4O2. The Morgan fingerprint density at radius 3 is 2.96 bits per heavy atom. The second-order valence-electron chi connectivity index (χ2n) is 7.38. The molecule has 2 saturated heterocycles. The highest BCUT2D eigenvalue weighted by molar-refractivity contribution is 6.31. The number of pyridine rings is 1. The topological polar surface area (TPSA) is 69.3 Å². The van der Waals surface area contributed by atoms with Crippen LogP contribution in [0.5, 0.6) is 0 Å². The Morgan fingerprint density at radius 2 is 2.16 bits per heavy atom. The number of hydrogen-bond donors (Lipinski definition) is 0. The molecule has 0 spiro atoms. The molecule has 132 valence electrons. The fraction of sp³-hybridized carbons (Fsp3) is 0.611. The number of rotatable bonds is 2. The second-order valence-corrected chi connectivity index (χ2v) is 7.79. The maximum absolute atomic E-state index is 12.6. The van der Waals surface area contributed by atoms with Gasteiger partial charge in [0.05, 0.1) is 17.6 Å². The van der Waals surface area contributed by atoms with E-state index in [1.165, 1.54) is 6.07 Å². The molecule has 2 fully saturated rings. The highest BCUT2D eigenvalue weighted by Gasteiger charge is 2.37. The number of carbonyl (C=O) groups is 1. The fourth-order valence-electron chi connectivity index (χ4n) is 4.67. The second kappa shape index (κ2) is 6.47. The lowest BCUT2D eigenvalue weighted by Gasteiger charge is -2.43. The summed E-state index contributed by atoms with van der Waals surface area (Å²) < 4.78 is 1.81. The van der Waals surface area contributed by atoms with Crippen LogP contribution in [0.15, 0.2) is 16.9 Å². The predicted octanol–water partition coefficient (Wildman–Crippen LogP) is 1.44. The zero-order valence-corrected chi connectivity index (χ0v) is 14.8. The van der Waals surface area contributed by atoms with Crippen molar-refractivity contribution in [1.29, 1.82) is 5.26 Å². The molecule has 3 atom stereocenters. The van der Waals surface area contributed by atoms with Gasteiger partial charge in [-0.05, 0) is 31.2 Å². The summed E-state index contributed by atoms with van der Waals surface area (Å²) in [4.78, 5) is 28.7. The molecule has 0 aliphatic carbocycles. The number of amides is 1. The molecule has 6 nitrogen and oxygen atoms in total. The number of carbonyl (C=O) groups excluding carboxylic acids is 1. The summed E-state index contributed by atoms with van der Waals surface area (Å²) >= 11 is 6.36. The summed E-state index contributed by atoms with van der Waals surface area (Å²) in [6.07, 6.45) is 2.69. The molecule has 3 aliphatic heterocycles. The normalized spacial score (nSPS) is 28.5. The van der Waals surface area contributed by atoms with Gasteiger partial charge in [0.15, 0.2) is 0 Å². The van der Waals surface area contributed by atoms with Crippen LogP contribution in [0.2, 0.25) is 5.02 Å². The third kappa shape index (κ3) is 2.96. The zero-order chi connectivity index (χ0) is 17.6. The number of likely N-dealkylation sites (tertiary alicyclic amines) is 2. The van der Waals surface area contributed by atoms with Crippen LogP contribution in [0, 0.1) is 17.2 Å². The first kappa shape index (κ1) is 16.6. The van der Waals surface area contributed by atoms with Gasteiger partial charge in [-0.1, -0.05) is 11.6 Å². The van der Waals surface area contributed by atoms with Crippen molar-refractivity contribution in [3.63, 3.8) is 0 Å². The lowest BCUT2D eigenvalue weighted by Crippen LogP contribution is -2.50. The van der Waals surface area contributed by atoms with Gasteiger partial charge in [0.2, 0.25) is 5.91 Å². The molecule has 0 saturated carbocycles. The molecule has 0 aromatic carbocycles. The minimum atomic E-state index is -0.273. The average Bonchev–Trinajstić information content (AvgIpc) is 3.06. The van der Waals surface area contributed by atoms with Gasteiger partial charge in [0.25, 0.3) is 5.56 Å². The SMILES string of the molecule is N#C[C@@H]1CCCN1C(=O)CN1C[C@H]2C[C@H](C1)c1c(Cl)ccc(=O)n1C2. The van der Waals surface area contributed by atoms with E-state index in [-0.39, 0.29) is 23.4 Å². The average molecular weight is 361 g/mol. The largest absolute Gasteiger partial charge is 0.326 e. The van der Waals surface area contributed by atoms with Crippen molar-refractivity contribution in [2.45, 2.75) is 37.8 Å². The van der Waals surface area contributed by atoms with Gasteiger partial charge in [0.1, 0.15) is 6.04 Å². The van der Waals surface area contributed by atoms with E-state index in [2.05, 4.69) is 11.0 Å². The summed E-state index contributed by atoms with van der Waals surface area (Å²) in [5.74, 6) is 0.591. The monoisotopic (exact) mass is 360 g/mol. The molecule has 1 aromatic rings. The smallest absolute Gasteiger partial charge is 0.250 e. The number of hydrogen-bond acceptors (Lipinski definition) is 4. The number of fused-ring (bicyclic) bond motifs is 4. The van der Waals surface area contributed by atoms with Crippen molar-refractivity contribution in [2.75, 3.05) is 26.2 Å². The van der Waals surface area contributed by atoms with Crippen LogP contribution in [0.1, 0.15) is 30.9 Å². The number of nitrogens with zero attached hydrogens (tertiary/aromatic N) is 4. The van der Waals surface area contributed by atoms with Crippen molar-refractivity contribution in [3.8, 4) is 6.07 Å². The third-order valence-electron chi connectivity index (χ3n) is 5.70. The summed E-state index contributed by atoms with van der Waals surface area (Å²) in [7, 11) is 0. The quantitative estimate of drug-likeness (QED) is 0.800. The maximum atomic E-state index is 12.6. The van der Waals surface area contributed by atoms with Crippen LogP contribution >= 0.6 is 11.6 Å². The molecule has 25 heavy (non-hydrogen) atoms. The maximum Gasteiger partial charge on any atom is 0.250 e. The fourth-order valence-corrected chi connectivity index (χ4v) is 4.99. The summed E-state index contributed by atoms with van der Waals surface area (Å²) in [6.45, 7) is 3.24. The van der Waals surface area contributed by atoms with Crippen LogP contribution in [-0.2, 0) is 11.3 Å². The molecule has 3 aliphatic rings. The van der Waals surface area contributed by atoms with Crippen molar-refractivity contribution in [1.82, 2.24) is 14.4 Å². The summed E-state index contributed by atoms with van der Waals surface area (Å²) in [5, 5.41) is 9.82. The first-order chi connectivity index (χ1) is 12.1. The van der Waals surface area contributed by atoms with Gasteiger partial charge in [-0.25, -0.2) is 0 Å². The van der Waals surface area contributed by atoms with Gasteiger partial charge in [-0.2, -0.15) is 5.26 Å². The Bertz CT molecular complexity index is 799. The minimum Gasteiger partial charge on any atom is -0.326 e. The number of nitriles is 1. The Morgan fingerprint density at radius 1 is 1.32 bits per heavy atom. The Hall–Kier alpha value is -1.84. The van der Waals surface area contributed by atoms with Crippen LogP contribution in [0.4, 0.5) is 0 Å². The molecule has 7 heteroatoms. The highest BCUT2D eigenvalue weighted by Crippen LogP contribution is 2.38. The molecule has 0 unspecified atom stereocenters. The Labute approximate surface area is 151 Å². The van der Waals surface area contributed by atoms with Crippen molar-refractivity contribution in [3.05, 3.63) is 33.2 Å². The zero-order valence-electron chi connectivity index (χ0n) is 14.0. The number of halogens is 1. The van der Waals surface area contributed by atoms with E-state index in [9.17, 15) is 14.9 Å². The van der Waals surface area contributed by atoms with E-state index in [0.29, 0.717) is 30.6 Å². The van der Waals surface area contributed by atoms with Gasteiger partial charge in [-0.15, -0.1) is 0 Å². The van der Waals surface area contributed by atoms with E-state index >= 15 is 0 Å². The molecule has 2 bridgehead atoms. The molecule has 1 amide bonds. The first-order valence-electron chi connectivity index (χ1n) is 8.87. The summed E-state index contributed by atoms with van der Waals surface area (Å²) in [5.41, 5.74) is 0.922. The van der Waals surface area contributed by atoms with E-state index in [1.54, 1.807) is 11.0 Å². The van der Waals surface area contributed by atoms with E-state index in [0.717, 1.165) is 38.0 Å². The van der Waals surface area contributed by atoms with E-state index < -0.39 is 0 Å². The summed E-state index contributed by atoms with van der Waals surface area (Å²) in [6, 6.07) is 5.17. The van der Waals surface area contributed by atoms with Crippen molar-refractivity contribution in [2.24, 2.45) is 5.92 Å². The third-order valence-corrected chi connectivity index (χ3v) is 6.01. The van der Waals surface area contributed by atoms with E-state index in [1.807, 2.05) is 4.57 Å². The van der Waals surface area contributed by atoms with Crippen LogP contribution < -0.4 is 5.56 Å². The lowest BCUT2D eigenvalue weighted by molar-refractivity contribution is -0.133. The number of piperidine rings is 1. The Kier molecular flexibility index (Phi) is 4.30. The minimum absolute atomic E-state index is 0.00700. The van der Waals surface area contributed by atoms with E-state index in [4.69, 9.17) is 11.6 Å². The molecule has 4 heterocycles. The first-order valence-corrected chi connectivity index (χ1v) is 9.25. The molecular weight excluding hydrogens is 340 g/mol. The standard InChI is InChI=1S/C18H21ClN4O2/c19-15-3-4-16(24)23-9-12-6-13(18(15)23)10-21(8-12)11-17(25)22-5-1-2-14(22)7-20/h3-4,12-14H,1-2,5-6,8-11H2/t12-,13-,14+/m1/s1. The van der Waals surface area contributed by atoms with Crippen molar-refractivity contribution >= 4 is 17.5 Å². The lowest BCUT2D eigenvalue weighted by atomic mass is 9.83. The van der Waals surface area contributed by atoms with Crippen molar-refractivity contribution < 1.29 is 4.79 Å². The predicted molar refractivity (Wildman–Crippen MR) is 93.3 cm³/mol. The Balaban J connectivity index is 1.51. The van der Waals surface area contributed by atoms with Crippen LogP contribution in [0.25, 0.3) is 0 Å². The molecule has 4 rings (SSSR count). The van der Waals surface area contributed by atoms with Gasteiger partial charge in [0, 0.05) is 43.9 Å². The van der Waals surface area contributed by atoms with Gasteiger partial charge < -0.3 is 9.47 Å². The van der Waals surface area contributed by atoms with Crippen LogP contribution in [0.3, 0.4) is 0 Å². The highest BCUT2D eigenvalue weighted by atomic mass is 35.5. The molecule has 0 radical (unpaired) electrons. The van der Waals surface area contributed by atoms with Gasteiger partial charge in [-0.3, -0.25) is 14.5 Å². The van der Waals surface area contributed by atoms with Gasteiger partial charge >= 0.3 is 0 Å². The molecule has 1 aromatic heterocycles. The number of aromatic nitrogens is 1. The van der Waals surface area contributed by atoms with Crippen LogP contribution in [-0.4, -0.2) is 52.5 Å².